The Labute approximate surface area is 125 Å². The molecule has 5 heteroatoms. The average Bonchev–Trinajstić information content (AvgIpc) is 3.01. The van der Waals surface area contributed by atoms with E-state index in [9.17, 15) is 5.26 Å². The van der Waals surface area contributed by atoms with Gasteiger partial charge in [0.1, 0.15) is 11.5 Å². The molecule has 0 N–H and O–H groups in total. The molecule has 0 aromatic carbocycles. The summed E-state index contributed by atoms with van der Waals surface area (Å²) in [5.74, 6) is 1.19. The zero-order valence-corrected chi connectivity index (χ0v) is 12.4. The van der Waals surface area contributed by atoms with Crippen molar-refractivity contribution in [1.29, 1.82) is 5.26 Å². The van der Waals surface area contributed by atoms with Gasteiger partial charge in [-0.2, -0.15) is 5.26 Å². The Morgan fingerprint density at radius 2 is 2.10 bits per heavy atom. The van der Waals surface area contributed by atoms with Crippen LogP contribution in [-0.2, 0) is 0 Å². The second-order valence-electron chi connectivity index (χ2n) is 5.50. The van der Waals surface area contributed by atoms with Crippen molar-refractivity contribution in [2.75, 3.05) is 31.1 Å². The minimum Gasteiger partial charge on any atom is -0.355 e. The van der Waals surface area contributed by atoms with Crippen molar-refractivity contribution in [3.05, 3.63) is 30.6 Å². The molecule has 0 amide bonds. The molecule has 21 heavy (non-hydrogen) atoms. The van der Waals surface area contributed by atoms with Crippen LogP contribution in [0.3, 0.4) is 0 Å². The van der Waals surface area contributed by atoms with Gasteiger partial charge < -0.3 is 4.90 Å². The zero-order valence-electron chi connectivity index (χ0n) is 12.4. The lowest BCUT2D eigenvalue weighted by Crippen LogP contribution is -2.50. The molecular formula is C16H21N5. The van der Waals surface area contributed by atoms with Gasteiger partial charge in [0.05, 0.1) is 12.1 Å². The van der Waals surface area contributed by atoms with Crippen LogP contribution in [0, 0.1) is 11.3 Å². The third-order valence-corrected chi connectivity index (χ3v) is 4.20. The number of rotatable bonds is 4. The van der Waals surface area contributed by atoms with Crippen molar-refractivity contribution in [3.8, 4) is 6.07 Å². The molecule has 0 radical (unpaired) electrons. The van der Waals surface area contributed by atoms with Gasteiger partial charge in [-0.15, -0.1) is 0 Å². The van der Waals surface area contributed by atoms with Gasteiger partial charge in [-0.3, -0.25) is 9.30 Å². The molecule has 0 saturated carbocycles. The Balaban J connectivity index is 1.71. The molecule has 2 aromatic heterocycles. The van der Waals surface area contributed by atoms with E-state index in [0.717, 1.165) is 44.7 Å². The Morgan fingerprint density at radius 3 is 2.81 bits per heavy atom. The first-order valence-electron chi connectivity index (χ1n) is 7.64. The van der Waals surface area contributed by atoms with Gasteiger partial charge in [-0.05, 0) is 18.6 Å². The SMILES string of the molecule is CCCC(C#N)N1CCN(c2cccc3nccn23)CC1. The fraction of sp³-hybridized carbons (Fsp3) is 0.500. The van der Waals surface area contributed by atoms with E-state index >= 15 is 0 Å². The number of nitrogens with zero attached hydrogens (tertiary/aromatic N) is 5. The van der Waals surface area contributed by atoms with Gasteiger partial charge in [0, 0.05) is 38.6 Å². The number of anilines is 1. The number of aromatic nitrogens is 2. The summed E-state index contributed by atoms with van der Waals surface area (Å²) < 4.78 is 2.13. The van der Waals surface area contributed by atoms with Crippen molar-refractivity contribution in [2.24, 2.45) is 0 Å². The third kappa shape index (κ3) is 2.72. The van der Waals surface area contributed by atoms with E-state index in [2.05, 4.69) is 44.3 Å². The molecule has 1 aliphatic rings. The minimum absolute atomic E-state index is 0.0705. The molecule has 0 spiro atoms. The smallest absolute Gasteiger partial charge is 0.138 e. The van der Waals surface area contributed by atoms with Crippen LogP contribution in [0.1, 0.15) is 19.8 Å². The summed E-state index contributed by atoms with van der Waals surface area (Å²) in [6.07, 6.45) is 5.87. The highest BCUT2D eigenvalue weighted by Crippen LogP contribution is 2.19. The minimum atomic E-state index is 0.0705. The number of imidazole rings is 1. The van der Waals surface area contributed by atoms with Crippen LogP contribution in [0.25, 0.3) is 5.65 Å². The van der Waals surface area contributed by atoms with Crippen molar-refractivity contribution in [3.63, 3.8) is 0 Å². The highest BCUT2D eigenvalue weighted by atomic mass is 15.3. The number of piperazine rings is 1. The molecule has 0 bridgehead atoms. The summed E-state index contributed by atoms with van der Waals surface area (Å²) in [7, 11) is 0. The first-order valence-corrected chi connectivity index (χ1v) is 7.64. The van der Waals surface area contributed by atoms with Crippen LogP contribution in [0.4, 0.5) is 5.82 Å². The Kier molecular flexibility index (Phi) is 4.07. The maximum Gasteiger partial charge on any atom is 0.138 e. The summed E-state index contributed by atoms with van der Waals surface area (Å²) in [5, 5.41) is 9.29. The molecule has 1 saturated heterocycles. The fourth-order valence-electron chi connectivity index (χ4n) is 3.06. The molecule has 5 nitrogen and oxygen atoms in total. The predicted octanol–water partition coefficient (Wildman–Crippen LogP) is 2.15. The zero-order chi connectivity index (χ0) is 14.7. The number of hydrogen-bond donors (Lipinski definition) is 0. The molecular weight excluding hydrogens is 262 g/mol. The molecule has 3 heterocycles. The maximum absolute atomic E-state index is 9.29. The highest BCUT2D eigenvalue weighted by Gasteiger charge is 2.24. The van der Waals surface area contributed by atoms with E-state index in [1.165, 1.54) is 5.82 Å². The van der Waals surface area contributed by atoms with Crippen molar-refractivity contribution < 1.29 is 0 Å². The topological polar surface area (TPSA) is 47.6 Å². The lowest BCUT2D eigenvalue weighted by Gasteiger charge is -2.38. The summed E-state index contributed by atoms with van der Waals surface area (Å²) in [6.45, 7) is 5.95. The van der Waals surface area contributed by atoms with Crippen LogP contribution in [0.15, 0.2) is 30.6 Å². The lowest BCUT2D eigenvalue weighted by molar-refractivity contribution is 0.211. The first kappa shape index (κ1) is 13.9. The molecule has 110 valence electrons. The standard InChI is InChI=1S/C16H21N5/c1-2-4-14(13-17)19-9-11-20(12-10-19)16-6-3-5-15-18-7-8-21(15)16/h3,5-8,14H,2,4,9-12H2,1H3. The maximum atomic E-state index is 9.29. The summed E-state index contributed by atoms with van der Waals surface area (Å²) >= 11 is 0. The molecule has 3 rings (SSSR count). The summed E-state index contributed by atoms with van der Waals surface area (Å²) in [4.78, 5) is 9.03. The molecule has 1 aliphatic heterocycles. The molecule has 2 aromatic rings. The number of fused-ring (bicyclic) bond motifs is 1. The highest BCUT2D eigenvalue weighted by molar-refractivity contribution is 5.51. The summed E-state index contributed by atoms with van der Waals surface area (Å²) in [5.41, 5.74) is 0.982. The van der Waals surface area contributed by atoms with Crippen LogP contribution in [-0.4, -0.2) is 46.5 Å². The van der Waals surface area contributed by atoms with Gasteiger partial charge in [-0.1, -0.05) is 19.4 Å². The second-order valence-corrected chi connectivity index (χ2v) is 5.50. The molecule has 0 aliphatic carbocycles. The van der Waals surface area contributed by atoms with Crippen LogP contribution in [0.5, 0.6) is 0 Å². The second kappa shape index (κ2) is 6.15. The third-order valence-electron chi connectivity index (χ3n) is 4.20. The number of pyridine rings is 1. The van der Waals surface area contributed by atoms with Gasteiger partial charge in [-0.25, -0.2) is 4.98 Å². The van der Waals surface area contributed by atoms with E-state index in [0.29, 0.717) is 0 Å². The van der Waals surface area contributed by atoms with Crippen LogP contribution < -0.4 is 4.90 Å². The quantitative estimate of drug-likeness (QED) is 0.862. The Morgan fingerprint density at radius 1 is 1.29 bits per heavy atom. The predicted molar refractivity (Wildman–Crippen MR) is 83.3 cm³/mol. The Hall–Kier alpha value is -2.06. The van der Waals surface area contributed by atoms with Crippen molar-refractivity contribution in [1.82, 2.24) is 14.3 Å². The van der Waals surface area contributed by atoms with Crippen LogP contribution in [0.2, 0.25) is 0 Å². The molecule has 1 unspecified atom stereocenters. The monoisotopic (exact) mass is 283 g/mol. The van der Waals surface area contributed by atoms with Gasteiger partial charge in [0.2, 0.25) is 0 Å². The van der Waals surface area contributed by atoms with Gasteiger partial charge in [0.15, 0.2) is 0 Å². The fourth-order valence-corrected chi connectivity index (χ4v) is 3.06. The van der Waals surface area contributed by atoms with Crippen molar-refractivity contribution in [2.45, 2.75) is 25.8 Å². The van der Waals surface area contributed by atoms with Crippen LogP contribution >= 0.6 is 0 Å². The Bertz CT molecular complexity index is 633. The number of hydrogen-bond acceptors (Lipinski definition) is 4. The van der Waals surface area contributed by atoms with Crippen molar-refractivity contribution >= 4 is 11.5 Å². The first-order chi connectivity index (χ1) is 10.3. The molecule has 1 fully saturated rings. The summed E-state index contributed by atoms with van der Waals surface area (Å²) in [6, 6.07) is 8.73. The number of nitriles is 1. The van der Waals surface area contributed by atoms with Gasteiger partial charge >= 0.3 is 0 Å². The lowest BCUT2D eigenvalue weighted by atomic mass is 10.1. The van der Waals surface area contributed by atoms with E-state index in [1.807, 2.05) is 18.5 Å². The largest absolute Gasteiger partial charge is 0.355 e. The van der Waals surface area contributed by atoms with E-state index in [4.69, 9.17) is 0 Å². The van der Waals surface area contributed by atoms with E-state index < -0.39 is 0 Å². The molecule has 1 atom stereocenters. The normalized spacial score (nSPS) is 17.8. The average molecular weight is 283 g/mol. The van der Waals surface area contributed by atoms with E-state index in [-0.39, 0.29) is 6.04 Å². The van der Waals surface area contributed by atoms with E-state index in [1.54, 1.807) is 0 Å². The van der Waals surface area contributed by atoms with Gasteiger partial charge in [0.25, 0.3) is 0 Å².